The first-order valence-electron chi connectivity index (χ1n) is 7.76. The normalized spacial score (nSPS) is 12.3. The van der Waals surface area contributed by atoms with Crippen LogP contribution in [0.4, 0.5) is 0 Å². The van der Waals surface area contributed by atoms with E-state index in [4.69, 9.17) is 0 Å². The van der Waals surface area contributed by atoms with E-state index in [1.165, 1.54) is 19.3 Å². The highest BCUT2D eigenvalue weighted by molar-refractivity contribution is 14.0. The molecule has 0 bridgehead atoms. The molecule has 0 rings (SSSR count). The quantitative estimate of drug-likeness (QED) is 0.265. The maximum Gasteiger partial charge on any atom is 0.223 e. The summed E-state index contributed by atoms with van der Waals surface area (Å²) in [5, 5.41) is 6.61. The number of rotatable bonds is 9. The fraction of sp³-hybridized carbons (Fsp3) is 0.867. The van der Waals surface area contributed by atoms with Gasteiger partial charge in [-0.25, -0.2) is 0 Å². The predicted octanol–water partition coefficient (Wildman–Crippen LogP) is 2.61. The van der Waals surface area contributed by atoms with Crippen LogP contribution in [0.3, 0.4) is 0 Å². The zero-order valence-electron chi connectivity index (χ0n) is 14.2. The molecule has 0 aliphatic heterocycles. The van der Waals surface area contributed by atoms with Crippen molar-refractivity contribution in [2.45, 2.75) is 58.9 Å². The summed E-state index contributed by atoms with van der Waals surface area (Å²) in [5.41, 5.74) is 0. The van der Waals surface area contributed by atoms with Crippen LogP contribution in [-0.4, -0.2) is 50.0 Å². The van der Waals surface area contributed by atoms with Gasteiger partial charge in [-0.2, -0.15) is 0 Å². The first-order valence-corrected chi connectivity index (χ1v) is 7.76. The number of unbranched alkanes of at least 4 members (excludes halogenated alkanes) is 2. The minimum absolute atomic E-state index is 0. The molecule has 2 N–H and O–H groups in total. The number of guanidine groups is 1. The van der Waals surface area contributed by atoms with Crippen molar-refractivity contribution in [2.75, 3.05) is 27.2 Å². The average Bonchev–Trinajstić information content (AvgIpc) is 2.38. The van der Waals surface area contributed by atoms with Crippen LogP contribution in [0.5, 0.6) is 0 Å². The molecule has 21 heavy (non-hydrogen) atoms. The second kappa shape index (κ2) is 14.4. The Bertz CT molecular complexity index is 295. The lowest BCUT2D eigenvalue weighted by Crippen LogP contribution is -2.42. The number of halogens is 1. The van der Waals surface area contributed by atoms with Gasteiger partial charge < -0.3 is 15.5 Å². The van der Waals surface area contributed by atoms with E-state index >= 15 is 0 Å². The molecule has 0 fully saturated rings. The van der Waals surface area contributed by atoms with Gasteiger partial charge in [0.25, 0.3) is 0 Å². The lowest BCUT2D eigenvalue weighted by atomic mass is 10.1. The van der Waals surface area contributed by atoms with Gasteiger partial charge in [0, 0.05) is 33.1 Å². The Labute approximate surface area is 147 Å². The highest BCUT2D eigenvalue weighted by Gasteiger charge is 2.06. The van der Waals surface area contributed by atoms with Crippen molar-refractivity contribution < 1.29 is 4.79 Å². The zero-order valence-corrected chi connectivity index (χ0v) is 16.6. The maximum absolute atomic E-state index is 11.5. The van der Waals surface area contributed by atoms with Gasteiger partial charge in [0.05, 0.1) is 6.54 Å². The molecule has 0 spiro atoms. The van der Waals surface area contributed by atoms with Crippen molar-refractivity contribution in [1.82, 2.24) is 15.5 Å². The molecule has 0 saturated heterocycles. The SMILES string of the molecule is CCCCCC(C)NC(=NCCC(=O)N(C)C)NCC.I. The molecule has 0 radical (unpaired) electrons. The van der Waals surface area contributed by atoms with E-state index in [0.717, 1.165) is 18.9 Å². The van der Waals surface area contributed by atoms with Gasteiger partial charge in [-0.1, -0.05) is 26.2 Å². The summed E-state index contributed by atoms with van der Waals surface area (Å²) < 4.78 is 0. The van der Waals surface area contributed by atoms with Gasteiger partial charge in [-0.15, -0.1) is 24.0 Å². The fourth-order valence-electron chi connectivity index (χ4n) is 1.81. The van der Waals surface area contributed by atoms with Gasteiger partial charge >= 0.3 is 0 Å². The van der Waals surface area contributed by atoms with Crippen molar-refractivity contribution >= 4 is 35.8 Å². The molecule has 0 heterocycles. The Morgan fingerprint density at radius 3 is 2.43 bits per heavy atom. The summed E-state index contributed by atoms with van der Waals surface area (Å²) in [5.74, 6) is 0.920. The van der Waals surface area contributed by atoms with Crippen LogP contribution in [0, 0.1) is 0 Å². The summed E-state index contributed by atoms with van der Waals surface area (Å²) in [6.45, 7) is 7.78. The van der Waals surface area contributed by atoms with E-state index in [1.54, 1.807) is 19.0 Å². The van der Waals surface area contributed by atoms with Gasteiger partial charge in [-0.05, 0) is 20.3 Å². The smallest absolute Gasteiger partial charge is 0.223 e. The molecule has 1 atom stereocenters. The summed E-state index contributed by atoms with van der Waals surface area (Å²) in [7, 11) is 3.54. The molecule has 6 heteroatoms. The molecule has 5 nitrogen and oxygen atoms in total. The third-order valence-electron chi connectivity index (χ3n) is 3.06. The topological polar surface area (TPSA) is 56.7 Å². The molecule has 126 valence electrons. The molecule has 0 aromatic carbocycles. The number of hydrogen-bond donors (Lipinski definition) is 2. The monoisotopic (exact) mass is 412 g/mol. The van der Waals surface area contributed by atoms with Crippen LogP contribution < -0.4 is 10.6 Å². The van der Waals surface area contributed by atoms with Crippen molar-refractivity contribution in [2.24, 2.45) is 4.99 Å². The summed E-state index contributed by atoms with van der Waals surface area (Å²) >= 11 is 0. The largest absolute Gasteiger partial charge is 0.357 e. The summed E-state index contributed by atoms with van der Waals surface area (Å²) in [4.78, 5) is 17.5. The number of nitrogens with one attached hydrogen (secondary N) is 2. The van der Waals surface area contributed by atoms with Gasteiger partial charge in [-0.3, -0.25) is 9.79 Å². The maximum atomic E-state index is 11.5. The molecule has 1 unspecified atom stereocenters. The van der Waals surface area contributed by atoms with E-state index in [-0.39, 0.29) is 29.9 Å². The predicted molar refractivity (Wildman–Crippen MR) is 101 cm³/mol. The Balaban J connectivity index is 0. The Morgan fingerprint density at radius 2 is 1.90 bits per heavy atom. The second-order valence-corrected chi connectivity index (χ2v) is 5.34. The highest BCUT2D eigenvalue weighted by atomic mass is 127. The Morgan fingerprint density at radius 1 is 1.24 bits per heavy atom. The van der Waals surface area contributed by atoms with Crippen molar-refractivity contribution in [3.05, 3.63) is 0 Å². The molecular weight excluding hydrogens is 379 g/mol. The molecule has 1 amide bonds. The Hall–Kier alpha value is -0.530. The van der Waals surface area contributed by atoms with E-state index < -0.39 is 0 Å². The summed E-state index contributed by atoms with van der Waals surface area (Å²) in [6, 6.07) is 0.406. The molecule has 0 aliphatic carbocycles. The number of carbonyl (C=O) groups is 1. The Kier molecular flexibility index (Phi) is 15.6. The minimum Gasteiger partial charge on any atom is -0.357 e. The average molecular weight is 412 g/mol. The molecule has 0 saturated carbocycles. The van der Waals surface area contributed by atoms with Crippen LogP contribution in [0.25, 0.3) is 0 Å². The van der Waals surface area contributed by atoms with Crippen LogP contribution >= 0.6 is 24.0 Å². The van der Waals surface area contributed by atoms with Gasteiger partial charge in [0.1, 0.15) is 0 Å². The molecular formula is C15H33IN4O. The third-order valence-corrected chi connectivity index (χ3v) is 3.06. The third kappa shape index (κ3) is 12.9. The zero-order chi connectivity index (χ0) is 15.4. The first kappa shape index (κ1) is 22.7. The van der Waals surface area contributed by atoms with Crippen LogP contribution in [0.1, 0.15) is 52.9 Å². The number of carbonyl (C=O) groups excluding carboxylic acids is 1. The minimum atomic E-state index is 0. The number of aliphatic imine (C=N–C) groups is 1. The highest BCUT2D eigenvalue weighted by Crippen LogP contribution is 2.02. The summed E-state index contributed by atoms with van der Waals surface area (Å²) in [6.07, 6.45) is 5.36. The standard InChI is InChI=1S/C15H32N4O.HI/c1-6-8-9-10-13(3)18-15(16-7-2)17-12-11-14(20)19(4)5;/h13H,6-12H2,1-5H3,(H2,16,17,18);1H. The molecule has 0 aromatic rings. The van der Waals surface area contributed by atoms with Crippen molar-refractivity contribution in [3.63, 3.8) is 0 Å². The van der Waals surface area contributed by atoms with Crippen LogP contribution in [-0.2, 0) is 4.79 Å². The van der Waals surface area contributed by atoms with Crippen molar-refractivity contribution in [3.8, 4) is 0 Å². The number of hydrogen-bond acceptors (Lipinski definition) is 2. The van der Waals surface area contributed by atoms with E-state index in [1.807, 2.05) is 6.92 Å². The molecule has 0 aliphatic rings. The number of nitrogens with zero attached hydrogens (tertiary/aromatic N) is 2. The lowest BCUT2D eigenvalue weighted by molar-refractivity contribution is -0.128. The van der Waals surface area contributed by atoms with E-state index in [9.17, 15) is 4.79 Å². The van der Waals surface area contributed by atoms with Gasteiger partial charge in [0.2, 0.25) is 5.91 Å². The van der Waals surface area contributed by atoms with Gasteiger partial charge in [0.15, 0.2) is 5.96 Å². The van der Waals surface area contributed by atoms with Crippen molar-refractivity contribution in [1.29, 1.82) is 0 Å². The lowest BCUT2D eigenvalue weighted by Gasteiger charge is -2.17. The van der Waals surface area contributed by atoms with Crippen LogP contribution in [0.2, 0.25) is 0 Å². The van der Waals surface area contributed by atoms with E-state index in [0.29, 0.717) is 19.0 Å². The first-order chi connectivity index (χ1) is 9.51. The van der Waals surface area contributed by atoms with Crippen LogP contribution in [0.15, 0.2) is 4.99 Å². The van der Waals surface area contributed by atoms with E-state index in [2.05, 4.69) is 29.5 Å². The molecule has 0 aromatic heterocycles. The second-order valence-electron chi connectivity index (χ2n) is 5.34. The fourth-order valence-corrected chi connectivity index (χ4v) is 1.81. The number of amides is 1.